The standard InChI is InChI=1S/C22H29N2/c1-6-23(7-2)21-16-12-10-14-19(21)18(5)20-15-11-13-17-22(20)24(8-3)9-4/h5,10-17H,6-9H2,1-4H3. The number of hydrogen-bond donors (Lipinski definition) is 0. The van der Waals surface area contributed by atoms with Crippen LogP contribution >= 0.6 is 0 Å². The number of rotatable bonds is 8. The summed E-state index contributed by atoms with van der Waals surface area (Å²) in [7, 11) is 0. The lowest BCUT2D eigenvalue weighted by molar-refractivity contribution is 0.862. The van der Waals surface area contributed by atoms with Gasteiger partial charge in [-0.2, -0.15) is 0 Å². The third kappa shape index (κ3) is 3.64. The summed E-state index contributed by atoms with van der Waals surface area (Å²) >= 11 is 0. The van der Waals surface area contributed by atoms with Crippen LogP contribution in [0.15, 0.2) is 48.5 Å². The number of benzene rings is 2. The lowest BCUT2D eigenvalue weighted by Gasteiger charge is -2.28. The number of anilines is 2. The summed E-state index contributed by atoms with van der Waals surface area (Å²) in [5, 5.41) is 0. The third-order valence-corrected chi connectivity index (χ3v) is 4.60. The minimum Gasteiger partial charge on any atom is -0.372 e. The molecule has 0 bridgehead atoms. The molecule has 0 saturated heterocycles. The molecule has 0 aliphatic rings. The fraction of sp³-hybridized carbons (Fsp3) is 0.364. The van der Waals surface area contributed by atoms with Gasteiger partial charge in [0.05, 0.1) is 0 Å². The van der Waals surface area contributed by atoms with Gasteiger partial charge in [0.1, 0.15) is 0 Å². The summed E-state index contributed by atoms with van der Waals surface area (Å²) in [6.07, 6.45) is 0. The fourth-order valence-electron chi connectivity index (χ4n) is 3.23. The minimum atomic E-state index is 0.847. The lowest BCUT2D eigenvalue weighted by atomic mass is 9.95. The second-order valence-corrected chi connectivity index (χ2v) is 5.79. The van der Waals surface area contributed by atoms with E-state index in [2.05, 4.69) is 86.0 Å². The molecule has 0 aliphatic carbocycles. The van der Waals surface area contributed by atoms with Gasteiger partial charge in [-0.3, -0.25) is 0 Å². The van der Waals surface area contributed by atoms with Crippen molar-refractivity contribution in [3.05, 3.63) is 66.2 Å². The molecular formula is C22H29N2. The highest BCUT2D eigenvalue weighted by Crippen LogP contribution is 2.35. The average molecular weight is 321 g/mol. The Morgan fingerprint density at radius 3 is 1.33 bits per heavy atom. The fourth-order valence-corrected chi connectivity index (χ4v) is 3.23. The van der Waals surface area contributed by atoms with Crippen LogP contribution in [0.3, 0.4) is 0 Å². The molecule has 0 saturated carbocycles. The maximum absolute atomic E-state index is 6.68. The Morgan fingerprint density at radius 1 is 0.667 bits per heavy atom. The highest BCUT2D eigenvalue weighted by atomic mass is 15.1. The molecule has 2 rings (SSSR count). The van der Waals surface area contributed by atoms with E-state index in [4.69, 9.17) is 6.58 Å². The maximum Gasteiger partial charge on any atom is 0.0445 e. The van der Waals surface area contributed by atoms with E-state index in [0.29, 0.717) is 0 Å². The second-order valence-electron chi connectivity index (χ2n) is 5.79. The van der Waals surface area contributed by atoms with Gasteiger partial charge in [-0.15, -0.1) is 0 Å². The molecule has 0 unspecified atom stereocenters. The van der Waals surface area contributed by atoms with Crippen LogP contribution in [-0.4, -0.2) is 26.2 Å². The first kappa shape index (κ1) is 18.1. The van der Waals surface area contributed by atoms with Crippen LogP contribution in [0, 0.1) is 6.58 Å². The van der Waals surface area contributed by atoms with E-state index >= 15 is 0 Å². The van der Waals surface area contributed by atoms with Crippen molar-refractivity contribution in [3.63, 3.8) is 0 Å². The number of para-hydroxylation sites is 2. The number of hydrogen-bond acceptors (Lipinski definition) is 2. The molecule has 0 fully saturated rings. The molecule has 2 heteroatoms. The van der Waals surface area contributed by atoms with Crippen molar-refractivity contribution in [2.75, 3.05) is 36.0 Å². The molecule has 0 N–H and O–H groups in total. The van der Waals surface area contributed by atoms with Crippen molar-refractivity contribution in [1.82, 2.24) is 0 Å². The molecule has 2 nitrogen and oxygen atoms in total. The van der Waals surface area contributed by atoms with Crippen LogP contribution in [0.2, 0.25) is 0 Å². The van der Waals surface area contributed by atoms with Gasteiger partial charge in [0.2, 0.25) is 0 Å². The quantitative estimate of drug-likeness (QED) is 0.655. The van der Waals surface area contributed by atoms with Gasteiger partial charge in [-0.1, -0.05) is 43.0 Å². The SMILES string of the molecule is [CH]=C(c1ccccc1N(CC)CC)c1ccccc1N(CC)CC. The van der Waals surface area contributed by atoms with E-state index in [1.54, 1.807) is 0 Å². The van der Waals surface area contributed by atoms with Crippen molar-refractivity contribution < 1.29 is 0 Å². The predicted molar refractivity (Wildman–Crippen MR) is 107 cm³/mol. The summed E-state index contributed by atoms with van der Waals surface area (Å²) in [4.78, 5) is 4.70. The highest BCUT2D eigenvalue weighted by Gasteiger charge is 2.16. The molecule has 0 aromatic heterocycles. The topological polar surface area (TPSA) is 6.48 Å². The van der Waals surface area contributed by atoms with E-state index in [-0.39, 0.29) is 0 Å². The van der Waals surface area contributed by atoms with Crippen LogP contribution in [0.1, 0.15) is 38.8 Å². The zero-order valence-electron chi connectivity index (χ0n) is 15.4. The molecule has 0 heterocycles. The first-order chi connectivity index (χ1) is 11.7. The highest BCUT2D eigenvalue weighted by molar-refractivity contribution is 5.89. The minimum absolute atomic E-state index is 0.847. The average Bonchev–Trinajstić information content (AvgIpc) is 2.64. The molecule has 0 atom stereocenters. The largest absolute Gasteiger partial charge is 0.372 e. The van der Waals surface area contributed by atoms with E-state index in [9.17, 15) is 0 Å². The zero-order chi connectivity index (χ0) is 17.5. The van der Waals surface area contributed by atoms with E-state index in [1.807, 2.05) is 0 Å². The Balaban J connectivity index is 2.51. The van der Waals surface area contributed by atoms with Crippen molar-refractivity contribution in [2.24, 2.45) is 0 Å². The van der Waals surface area contributed by atoms with Gasteiger partial charge in [-0.25, -0.2) is 0 Å². The Bertz CT molecular complexity index is 610. The molecule has 0 spiro atoms. The summed E-state index contributed by atoms with van der Waals surface area (Å²) < 4.78 is 0. The Hall–Kier alpha value is -2.22. The summed E-state index contributed by atoms with van der Waals surface area (Å²) in [5.74, 6) is 0. The van der Waals surface area contributed by atoms with Crippen LogP contribution in [-0.2, 0) is 0 Å². The molecule has 0 aliphatic heterocycles. The van der Waals surface area contributed by atoms with E-state index in [0.717, 1.165) is 42.9 Å². The molecule has 2 aromatic rings. The second kappa shape index (κ2) is 8.58. The molecule has 1 radical (unpaired) electrons. The van der Waals surface area contributed by atoms with E-state index < -0.39 is 0 Å². The zero-order valence-corrected chi connectivity index (χ0v) is 15.4. The van der Waals surface area contributed by atoms with Gasteiger partial charge in [-0.05, 0) is 45.4 Å². The first-order valence-electron chi connectivity index (χ1n) is 8.98. The van der Waals surface area contributed by atoms with Crippen LogP contribution in [0.25, 0.3) is 5.57 Å². The molecule has 2 aromatic carbocycles. The Morgan fingerprint density at radius 2 is 1.00 bits per heavy atom. The van der Waals surface area contributed by atoms with Gasteiger partial charge < -0.3 is 9.80 Å². The van der Waals surface area contributed by atoms with Crippen LogP contribution < -0.4 is 9.80 Å². The smallest absolute Gasteiger partial charge is 0.0445 e. The number of nitrogens with zero attached hydrogens (tertiary/aromatic N) is 2. The van der Waals surface area contributed by atoms with E-state index in [1.165, 1.54) is 11.4 Å². The summed E-state index contributed by atoms with van der Waals surface area (Å²) in [6, 6.07) is 16.9. The predicted octanol–water partition coefficient (Wildman–Crippen LogP) is 5.24. The van der Waals surface area contributed by atoms with Gasteiger partial charge in [0.25, 0.3) is 0 Å². The Labute approximate surface area is 147 Å². The molecule has 0 amide bonds. The first-order valence-corrected chi connectivity index (χ1v) is 8.98. The molecule has 24 heavy (non-hydrogen) atoms. The third-order valence-electron chi connectivity index (χ3n) is 4.60. The van der Waals surface area contributed by atoms with Crippen LogP contribution in [0.5, 0.6) is 0 Å². The van der Waals surface area contributed by atoms with Gasteiger partial charge >= 0.3 is 0 Å². The lowest BCUT2D eigenvalue weighted by Crippen LogP contribution is -2.24. The summed E-state index contributed by atoms with van der Waals surface area (Å²) in [5.41, 5.74) is 5.48. The van der Waals surface area contributed by atoms with Gasteiger partial charge in [0.15, 0.2) is 0 Å². The van der Waals surface area contributed by atoms with Crippen molar-refractivity contribution >= 4 is 16.9 Å². The van der Waals surface area contributed by atoms with Gasteiger partial charge in [0, 0.05) is 48.7 Å². The monoisotopic (exact) mass is 321 g/mol. The molecule has 127 valence electrons. The normalized spacial score (nSPS) is 10.5. The van der Waals surface area contributed by atoms with Crippen molar-refractivity contribution in [2.45, 2.75) is 27.7 Å². The van der Waals surface area contributed by atoms with Crippen molar-refractivity contribution in [3.8, 4) is 0 Å². The maximum atomic E-state index is 6.68. The van der Waals surface area contributed by atoms with Crippen molar-refractivity contribution in [1.29, 1.82) is 0 Å². The van der Waals surface area contributed by atoms with Crippen LogP contribution in [0.4, 0.5) is 11.4 Å². The Kier molecular flexibility index (Phi) is 6.48. The molecular weight excluding hydrogens is 292 g/mol. The summed E-state index contributed by atoms with van der Waals surface area (Å²) in [6.45, 7) is 19.3.